The number of fused-ring (bicyclic) bond motifs is 3. The lowest BCUT2D eigenvalue weighted by molar-refractivity contribution is 0.0214. The van der Waals surface area contributed by atoms with E-state index in [0.717, 1.165) is 29.5 Å². The number of aryl methyl sites for hydroxylation is 2. The predicted molar refractivity (Wildman–Crippen MR) is 100 cm³/mol. The van der Waals surface area contributed by atoms with Gasteiger partial charge in [-0.15, -0.1) is 17.9 Å². The van der Waals surface area contributed by atoms with Crippen molar-refractivity contribution in [2.75, 3.05) is 26.3 Å². The van der Waals surface area contributed by atoms with Gasteiger partial charge in [-0.3, -0.25) is 9.69 Å². The van der Waals surface area contributed by atoms with Gasteiger partial charge in [-0.25, -0.2) is 4.98 Å². The van der Waals surface area contributed by atoms with Crippen LogP contribution in [0.1, 0.15) is 29.6 Å². The molecular formula is C18H25N3O3S. The molecule has 0 spiro atoms. The van der Waals surface area contributed by atoms with Crippen LogP contribution in [-0.4, -0.2) is 52.4 Å². The number of nitrogens with one attached hydrogen (secondary N) is 1. The number of aliphatic hydroxyl groups is 1. The molecule has 0 saturated carbocycles. The maximum Gasteiger partial charge on any atom is 0.259 e. The van der Waals surface area contributed by atoms with Crippen LogP contribution in [0.25, 0.3) is 10.2 Å². The van der Waals surface area contributed by atoms with Crippen LogP contribution >= 0.6 is 11.3 Å². The lowest BCUT2D eigenvalue weighted by Crippen LogP contribution is -2.35. The summed E-state index contributed by atoms with van der Waals surface area (Å²) >= 11 is 1.64. The lowest BCUT2D eigenvalue weighted by atomic mass is 10.2. The number of nitrogens with zero attached hydrogens (tertiary/aromatic N) is 2. The number of H-pyrrole nitrogens is 1. The van der Waals surface area contributed by atoms with Crippen LogP contribution in [0.2, 0.25) is 0 Å². The van der Waals surface area contributed by atoms with Gasteiger partial charge < -0.3 is 14.8 Å². The number of hydrogen-bond acceptors (Lipinski definition) is 6. The quantitative estimate of drug-likeness (QED) is 0.665. The van der Waals surface area contributed by atoms with E-state index in [0.29, 0.717) is 38.7 Å². The predicted octanol–water partition coefficient (Wildman–Crippen LogP) is 1.86. The van der Waals surface area contributed by atoms with Crippen molar-refractivity contribution in [2.45, 2.75) is 38.8 Å². The number of thiophene rings is 1. The van der Waals surface area contributed by atoms with Gasteiger partial charge in [0.15, 0.2) is 0 Å². The van der Waals surface area contributed by atoms with E-state index in [4.69, 9.17) is 4.74 Å². The van der Waals surface area contributed by atoms with Gasteiger partial charge in [-0.1, -0.05) is 6.08 Å². The Kier molecular flexibility index (Phi) is 6.01. The molecule has 0 unspecified atom stereocenters. The van der Waals surface area contributed by atoms with Crippen molar-refractivity contribution >= 4 is 21.6 Å². The molecule has 3 rings (SSSR count). The summed E-state index contributed by atoms with van der Waals surface area (Å²) in [6.07, 6.45) is 4.36. The van der Waals surface area contributed by atoms with Gasteiger partial charge in [0.25, 0.3) is 5.56 Å². The standard InChI is InChI=1S/C18H25N3O3S/c1-3-8-21(9-12(22)11-24-4-2)10-15-19-17(23)16-13-6-5-7-14(13)25-18(16)20-15/h3,12,22H,1,4-11H2,2H3,(H,19,20,23)/t12-/m0/s1. The van der Waals surface area contributed by atoms with Gasteiger partial charge in [0.1, 0.15) is 10.7 Å². The third-order valence-electron chi connectivity index (χ3n) is 4.37. The zero-order valence-electron chi connectivity index (χ0n) is 14.6. The Hall–Kier alpha value is -1.54. The largest absolute Gasteiger partial charge is 0.389 e. The zero-order chi connectivity index (χ0) is 17.8. The van der Waals surface area contributed by atoms with Crippen molar-refractivity contribution in [2.24, 2.45) is 0 Å². The van der Waals surface area contributed by atoms with Crippen molar-refractivity contribution in [3.05, 3.63) is 39.3 Å². The highest BCUT2D eigenvalue weighted by atomic mass is 32.1. The fraction of sp³-hybridized carbons (Fsp3) is 0.556. The summed E-state index contributed by atoms with van der Waals surface area (Å²) in [5.74, 6) is 0.628. The third-order valence-corrected chi connectivity index (χ3v) is 5.55. The molecule has 2 heterocycles. The first-order valence-electron chi connectivity index (χ1n) is 8.74. The SMILES string of the molecule is C=CCN(Cc1nc2sc3c(c2c(=O)[nH]1)CCC3)C[C@H](O)COCC. The molecular weight excluding hydrogens is 338 g/mol. The fourth-order valence-electron chi connectivity index (χ4n) is 3.32. The molecule has 2 N–H and O–H groups in total. The van der Waals surface area contributed by atoms with Crippen molar-refractivity contribution in [3.8, 4) is 0 Å². The van der Waals surface area contributed by atoms with Crippen molar-refractivity contribution in [1.29, 1.82) is 0 Å². The fourth-order valence-corrected chi connectivity index (χ4v) is 4.61. The minimum atomic E-state index is -0.583. The molecule has 1 atom stereocenters. The van der Waals surface area contributed by atoms with E-state index in [2.05, 4.69) is 16.5 Å². The highest BCUT2D eigenvalue weighted by Crippen LogP contribution is 2.34. The van der Waals surface area contributed by atoms with Gasteiger partial charge in [-0.2, -0.15) is 0 Å². The second-order valence-corrected chi connectivity index (χ2v) is 7.43. The second-order valence-electron chi connectivity index (χ2n) is 6.35. The average Bonchev–Trinajstić information content (AvgIpc) is 3.13. The molecule has 2 aromatic heterocycles. The minimum Gasteiger partial charge on any atom is -0.389 e. The summed E-state index contributed by atoms with van der Waals surface area (Å²) in [7, 11) is 0. The molecule has 0 aromatic carbocycles. The maximum atomic E-state index is 12.5. The molecule has 7 heteroatoms. The Balaban J connectivity index is 1.77. The number of aliphatic hydroxyl groups excluding tert-OH is 1. The molecule has 0 bridgehead atoms. The van der Waals surface area contributed by atoms with Crippen LogP contribution in [-0.2, 0) is 24.1 Å². The lowest BCUT2D eigenvalue weighted by Gasteiger charge is -2.23. The summed E-state index contributed by atoms with van der Waals surface area (Å²) in [6.45, 7) is 8.04. The molecule has 136 valence electrons. The number of aromatic amines is 1. The van der Waals surface area contributed by atoms with Crippen LogP contribution in [0, 0.1) is 0 Å². The Morgan fingerprint density at radius 2 is 2.36 bits per heavy atom. The van der Waals surface area contributed by atoms with Crippen LogP contribution < -0.4 is 5.56 Å². The molecule has 0 amide bonds. The number of ether oxygens (including phenoxy) is 1. The molecule has 1 aliphatic carbocycles. The topological polar surface area (TPSA) is 78.5 Å². The molecule has 1 aliphatic rings. The molecule has 2 aromatic rings. The highest BCUT2D eigenvalue weighted by molar-refractivity contribution is 7.18. The maximum absolute atomic E-state index is 12.5. The molecule has 0 radical (unpaired) electrons. The van der Waals surface area contributed by atoms with Crippen LogP contribution in [0.4, 0.5) is 0 Å². The second kappa shape index (κ2) is 8.23. The smallest absolute Gasteiger partial charge is 0.259 e. The van der Waals surface area contributed by atoms with Gasteiger partial charge in [0.05, 0.1) is 24.6 Å². The molecule has 6 nitrogen and oxygen atoms in total. The summed E-state index contributed by atoms with van der Waals surface area (Å²) in [6, 6.07) is 0. The van der Waals surface area contributed by atoms with Crippen molar-refractivity contribution in [1.82, 2.24) is 14.9 Å². The Labute approximate surface area is 151 Å². The van der Waals surface area contributed by atoms with Crippen LogP contribution in [0.3, 0.4) is 0 Å². The van der Waals surface area contributed by atoms with Crippen LogP contribution in [0.15, 0.2) is 17.4 Å². The van der Waals surface area contributed by atoms with Crippen molar-refractivity contribution < 1.29 is 9.84 Å². The Bertz CT molecular complexity index is 799. The molecule has 0 fully saturated rings. The van der Waals surface area contributed by atoms with E-state index in [9.17, 15) is 9.90 Å². The number of aromatic nitrogens is 2. The Morgan fingerprint density at radius 3 is 3.12 bits per heavy atom. The summed E-state index contributed by atoms with van der Waals surface area (Å²) in [5, 5.41) is 10.8. The highest BCUT2D eigenvalue weighted by Gasteiger charge is 2.21. The Morgan fingerprint density at radius 1 is 1.52 bits per heavy atom. The normalized spacial score (nSPS) is 15.0. The summed E-state index contributed by atoms with van der Waals surface area (Å²) < 4.78 is 5.26. The van der Waals surface area contributed by atoms with E-state index < -0.39 is 6.10 Å². The molecule has 0 saturated heterocycles. The van der Waals surface area contributed by atoms with Gasteiger partial charge >= 0.3 is 0 Å². The van der Waals surface area contributed by atoms with Crippen molar-refractivity contribution in [3.63, 3.8) is 0 Å². The molecule has 25 heavy (non-hydrogen) atoms. The zero-order valence-corrected chi connectivity index (χ0v) is 15.4. The minimum absolute atomic E-state index is 0.0483. The van der Waals surface area contributed by atoms with Gasteiger partial charge in [0, 0.05) is 24.6 Å². The van der Waals surface area contributed by atoms with E-state index in [1.54, 1.807) is 17.4 Å². The number of rotatable bonds is 9. The van der Waals surface area contributed by atoms with E-state index in [1.807, 2.05) is 11.8 Å². The van der Waals surface area contributed by atoms with Gasteiger partial charge in [-0.05, 0) is 31.7 Å². The first kappa shape index (κ1) is 18.3. The van der Waals surface area contributed by atoms with E-state index >= 15 is 0 Å². The number of hydrogen-bond donors (Lipinski definition) is 2. The van der Waals surface area contributed by atoms with Gasteiger partial charge in [0.2, 0.25) is 0 Å². The summed E-state index contributed by atoms with van der Waals surface area (Å²) in [5.41, 5.74) is 1.14. The van der Waals surface area contributed by atoms with Crippen LogP contribution in [0.5, 0.6) is 0 Å². The molecule has 0 aliphatic heterocycles. The third kappa shape index (κ3) is 4.17. The monoisotopic (exact) mass is 363 g/mol. The first-order chi connectivity index (χ1) is 12.1. The summed E-state index contributed by atoms with van der Waals surface area (Å²) in [4.78, 5) is 24.3. The first-order valence-corrected chi connectivity index (χ1v) is 9.56. The van der Waals surface area contributed by atoms with E-state index in [-0.39, 0.29) is 5.56 Å². The average molecular weight is 363 g/mol. The van der Waals surface area contributed by atoms with E-state index in [1.165, 1.54) is 10.4 Å².